The van der Waals surface area contributed by atoms with Crippen molar-refractivity contribution in [2.45, 2.75) is 33.2 Å². The Bertz CT molecular complexity index is 429. The molecule has 0 amide bonds. The van der Waals surface area contributed by atoms with E-state index in [0.717, 1.165) is 30.4 Å². The molecular weight excluding hydrogens is 427 g/mol. The number of nitrogens with zero attached hydrogens (tertiary/aromatic N) is 2. The van der Waals surface area contributed by atoms with Gasteiger partial charge >= 0.3 is 0 Å². The molecule has 8 heteroatoms. The van der Waals surface area contributed by atoms with Gasteiger partial charge in [0, 0.05) is 31.3 Å². The Morgan fingerprint density at radius 3 is 2.57 bits per heavy atom. The van der Waals surface area contributed by atoms with Crippen molar-refractivity contribution in [3.63, 3.8) is 0 Å². The number of ether oxygens (including phenoxy) is 2. The van der Waals surface area contributed by atoms with E-state index >= 15 is 0 Å². The van der Waals surface area contributed by atoms with E-state index in [9.17, 15) is 0 Å². The van der Waals surface area contributed by atoms with Crippen LogP contribution in [-0.4, -0.2) is 51.0 Å². The van der Waals surface area contributed by atoms with Crippen LogP contribution in [0.25, 0.3) is 0 Å². The number of hydrogen-bond acceptors (Lipinski definition) is 5. The molecule has 0 unspecified atom stereocenters. The monoisotopic (exact) mass is 456 g/mol. The van der Waals surface area contributed by atoms with Crippen LogP contribution in [0.4, 0.5) is 0 Å². The van der Waals surface area contributed by atoms with Gasteiger partial charge in [-0.3, -0.25) is 4.99 Å². The molecule has 2 N–H and O–H groups in total. The molecule has 0 fully saturated rings. The summed E-state index contributed by atoms with van der Waals surface area (Å²) >= 11 is 1.69. The molecule has 0 radical (unpaired) electrons. The normalized spacial score (nSPS) is 11.2. The molecule has 0 aliphatic heterocycles. The van der Waals surface area contributed by atoms with Crippen molar-refractivity contribution in [1.82, 2.24) is 15.6 Å². The number of nitrogens with one attached hydrogen (secondary N) is 2. The number of rotatable bonds is 11. The maximum absolute atomic E-state index is 5.49. The summed E-state index contributed by atoms with van der Waals surface area (Å²) in [5.74, 6) is 0.760. The minimum Gasteiger partial charge on any atom is -0.379 e. The van der Waals surface area contributed by atoms with Crippen molar-refractivity contribution in [1.29, 1.82) is 0 Å². The summed E-state index contributed by atoms with van der Waals surface area (Å²) in [6.07, 6.45) is 4.16. The van der Waals surface area contributed by atoms with Crippen molar-refractivity contribution in [2.75, 3.05) is 40.0 Å². The van der Waals surface area contributed by atoms with Gasteiger partial charge in [0.15, 0.2) is 5.96 Å². The fraction of sp³-hybridized carbons (Fsp3) is 0.733. The van der Waals surface area contributed by atoms with Gasteiger partial charge in [-0.1, -0.05) is 13.3 Å². The van der Waals surface area contributed by atoms with E-state index in [4.69, 9.17) is 9.47 Å². The number of aryl methyl sites for hydroxylation is 1. The van der Waals surface area contributed by atoms with E-state index in [-0.39, 0.29) is 24.0 Å². The Labute approximate surface area is 160 Å². The third kappa shape index (κ3) is 11.7. The van der Waals surface area contributed by atoms with E-state index in [0.29, 0.717) is 32.9 Å². The third-order valence-corrected chi connectivity index (χ3v) is 3.77. The van der Waals surface area contributed by atoms with Crippen LogP contribution < -0.4 is 10.6 Å². The van der Waals surface area contributed by atoms with E-state index in [1.165, 1.54) is 4.88 Å². The summed E-state index contributed by atoms with van der Waals surface area (Å²) in [5, 5.41) is 7.49. The van der Waals surface area contributed by atoms with Gasteiger partial charge in [-0.25, -0.2) is 4.98 Å². The number of guanidine groups is 1. The highest BCUT2D eigenvalue weighted by Crippen LogP contribution is 2.10. The van der Waals surface area contributed by atoms with Crippen molar-refractivity contribution in [3.05, 3.63) is 16.1 Å². The summed E-state index contributed by atoms with van der Waals surface area (Å²) < 4.78 is 10.9. The first-order chi connectivity index (χ1) is 10.8. The van der Waals surface area contributed by atoms with Crippen LogP contribution in [0.5, 0.6) is 0 Å². The standard InChI is InChI=1S/C15H28N4O2S.HI/c1-4-5-7-20-9-10-21-8-6-17-15(16-3)19-12-14-18-11-13(2)22-14;/h11H,4-10,12H2,1-3H3,(H2,16,17,19);1H. The highest BCUT2D eigenvalue weighted by Gasteiger charge is 2.01. The van der Waals surface area contributed by atoms with Crippen LogP contribution in [-0.2, 0) is 16.0 Å². The number of halogens is 1. The zero-order valence-corrected chi connectivity index (χ0v) is 17.4. The molecule has 1 heterocycles. The lowest BCUT2D eigenvalue weighted by atomic mass is 10.4. The van der Waals surface area contributed by atoms with Gasteiger partial charge in [-0.05, 0) is 13.3 Å². The number of unbranched alkanes of at least 4 members (excludes halogenated alkanes) is 1. The lowest BCUT2D eigenvalue weighted by Gasteiger charge is -2.11. The highest BCUT2D eigenvalue weighted by atomic mass is 127. The highest BCUT2D eigenvalue weighted by molar-refractivity contribution is 14.0. The molecule has 0 spiro atoms. The fourth-order valence-corrected chi connectivity index (χ4v) is 2.40. The third-order valence-electron chi connectivity index (χ3n) is 2.85. The quantitative estimate of drug-likeness (QED) is 0.232. The molecule has 0 bridgehead atoms. The second-order valence-corrected chi connectivity index (χ2v) is 6.11. The zero-order chi connectivity index (χ0) is 16.0. The van der Waals surface area contributed by atoms with Crippen LogP contribution in [0, 0.1) is 6.92 Å². The first-order valence-corrected chi connectivity index (χ1v) is 8.59. The minimum absolute atomic E-state index is 0. The summed E-state index contributed by atoms with van der Waals surface area (Å²) in [6, 6.07) is 0. The van der Waals surface area contributed by atoms with Gasteiger partial charge in [-0.2, -0.15) is 0 Å². The predicted octanol–water partition coefficient (Wildman–Crippen LogP) is 2.57. The van der Waals surface area contributed by atoms with Crippen LogP contribution in [0.3, 0.4) is 0 Å². The van der Waals surface area contributed by atoms with Gasteiger partial charge in [-0.15, -0.1) is 35.3 Å². The Morgan fingerprint density at radius 1 is 1.22 bits per heavy atom. The maximum atomic E-state index is 5.49. The minimum atomic E-state index is 0. The number of aliphatic imine (C=N–C) groups is 1. The number of hydrogen-bond donors (Lipinski definition) is 2. The fourth-order valence-electron chi connectivity index (χ4n) is 1.67. The lowest BCUT2D eigenvalue weighted by Crippen LogP contribution is -2.38. The van der Waals surface area contributed by atoms with Gasteiger partial charge in [0.1, 0.15) is 5.01 Å². The second-order valence-electron chi connectivity index (χ2n) is 4.80. The molecular formula is C15H29IN4O2S. The molecule has 0 aromatic carbocycles. The van der Waals surface area contributed by atoms with Crippen molar-refractivity contribution < 1.29 is 9.47 Å². The Morgan fingerprint density at radius 2 is 1.96 bits per heavy atom. The van der Waals surface area contributed by atoms with Crippen molar-refractivity contribution in [2.24, 2.45) is 4.99 Å². The SMILES string of the molecule is CCCCOCCOCCNC(=NC)NCc1ncc(C)s1.I. The van der Waals surface area contributed by atoms with Crippen molar-refractivity contribution >= 4 is 41.3 Å². The summed E-state index contributed by atoms with van der Waals surface area (Å²) in [6.45, 7) is 8.36. The lowest BCUT2D eigenvalue weighted by molar-refractivity contribution is 0.0487. The summed E-state index contributed by atoms with van der Waals surface area (Å²) in [4.78, 5) is 9.69. The van der Waals surface area contributed by atoms with E-state index < -0.39 is 0 Å². The largest absolute Gasteiger partial charge is 0.379 e. The van der Waals surface area contributed by atoms with Gasteiger partial charge < -0.3 is 20.1 Å². The van der Waals surface area contributed by atoms with Crippen LogP contribution in [0.15, 0.2) is 11.2 Å². The second kappa shape index (κ2) is 15.1. The van der Waals surface area contributed by atoms with Gasteiger partial charge in [0.05, 0.1) is 26.4 Å². The van der Waals surface area contributed by atoms with E-state index in [1.54, 1.807) is 18.4 Å². The van der Waals surface area contributed by atoms with Gasteiger partial charge in [0.25, 0.3) is 0 Å². The molecule has 134 valence electrons. The molecule has 1 aromatic heterocycles. The van der Waals surface area contributed by atoms with Crippen LogP contribution in [0.1, 0.15) is 29.7 Å². The van der Waals surface area contributed by atoms with E-state index in [1.807, 2.05) is 6.20 Å². The molecule has 0 saturated carbocycles. The summed E-state index contributed by atoms with van der Waals surface area (Å²) in [5.41, 5.74) is 0. The first-order valence-electron chi connectivity index (χ1n) is 7.77. The average Bonchev–Trinajstić information content (AvgIpc) is 2.94. The van der Waals surface area contributed by atoms with Crippen LogP contribution >= 0.6 is 35.3 Å². The molecule has 0 aliphatic rings. The molecule has 23 heavy (non-hydrogen) atoms. The van der Waals surface area contributed by atoms with Crippen LogP contribution in [0.2, 0.25) is 0 Å². The number of aromatic nitrogens is 1. The van der Waals surface area contributed by atoms with Crippen molar-refractivity contribution in [3.8, 4) is 0 Å². The number of thiazole rings is 1. The molecule has 1 aromatic rings. The Balaban J connectivity index is 0.00000484. The zero-order valence-electron chi connectivity index (χ0n) is 14.3. The molecule has 6 nitrogen and oxygen atoms in total. The maximum Gasteiger partial charge on any atom is 0.191 e. The smallest absolute Gasteiger partial charge is 0.191 e. The molecule has 0 aliphatic carbocycles. The first kappa shape index (κ1) is 22.6. The Kier molecular flexibility index (Phi) is 14.8. The molecule has 1 rings (SSSR count). The average molecular weight is 456 g/mol. The topological polar surface area (TPSA) is 67.8 Å². The van der Waals surface area contributed by atoms with Gasteiger partial charge in [0.2, 0.25) is 0 Å². The van der Waals surface area contributed by atoms with E-state index in [2.05, 4.69) is 34.5 Å². The molecule has 0 saturated heterocycles. The predicted molar refractivity (Wildman–Crippen MR) is 107 cm³/mol. The molecule has 0 atom stereocenters. The Hall–Kier alpha value is -0.450. The summed E-state index contributed by atoms with van der Waals surface area (Å²) in [7, 11) is 1.75.